The fourth-order valence-corrected chi connectivity index (χ4v) is 5.84. The molecule has 0 aliphatic heterocycles. The number of benzene rings is 4. The number of fused-ring (bicyclic) bond motifs is 2. The number of hydrogen-bond donors (Lipinski definition) is 0. The fourth-order valence-electron chi connectivity index (χ4n) is 4.72. The van der Waals surface area contributed by atoms with Crippen molar-refractivity contribution in [1.82, 2.24) is 4.98 Å². The van der Waals surface area contributed by atoms with Crippen LogP contribution in [0, 0.1) is 0 Å². The van der Waals surface area contributed by atoms with E-state index in [2.05, 4.69) is 108 Å². The Morgan fingerprint density at radius 2 is 1.30 bits per heavy atom. The molecule has 158 valence electrons. The van der Waals surface area contributed by atoms with Crippen molar-refractivity contribution in [2.45, 2.75) is 22.6 Å². The van der Waals surface area contributed by atoms with Gasteiger partial charge in [0.05, 0.1) is 0 Å². The molecule has 0 bridgehead atoms. The van der Waals surface area contributed by atoms with Crippen LogP contribution in [-0.4, -0.2) is 4.98 Å². The van der Waals surface area contributed by atoms with Crippen LogP contribution in [-0.2, 0) is 0 Å². The topological polar surface area (TPSA) is 12.9 Å². The zero-order chi connectivity index (χ0) is 22.0. The van der Waals surface area contributed by atoms with Gasteiger partial charge >= 0.3 is 0 Å². The summed E-state index contributed by atoms with van der Waals surface area (Å²) in [5.41, 5.74) is 5.01. The van der Waals surface area contributed by atoms with Crippen molar-refractivity contribution in [2.75, 3.05) is 0 Å². The molecule has 1 aliphatic rings. The van der Waals surface area contributed by atoms with E-state index in [4.69, 9.17) is 0 Å². The van der Waals surface area contributed by atoms with Gasteiger partial charge in [0.25, 0.3) is 0 Å². The first-order valence-electron chi connectivity index (χ1n) is 11.4. The smallest absolute Gasteiger partial charge is 0.0353 e. The highest BCUT2D eigenvalue weighted by atomic mass is 32.2. The summed E-state index contributed by atoms with van der Waals surface area (Å²) in [4.78, 5) is 7.13. The maximum Gasteiger partial charge on any atom is 0.0353 e. The third kappa shape index (κ3) is 3.77. The lowest BCUT2D eigenvalue weighted by Crippen LogP contribution is -2.31. The molecule has 2 heteroatoms. The zero-order valence-electron chi connectivity index (χ0n) is 18.2. The van der Waals surface area contributed by atoms with Gasteiger partial charge in [-0.15, -0.1) is 0 Å². The van der Waals surface area contributed by atoms with Crippen LogP contribution in [0.25, 0.3) is 45.2 Å². The summed E-state index contributed by atoms with van der Waals surface area (Å²) in [6.07, 6.45) is 10.9. The van der Waals surface area contributed by atoms with Crippen molar-refractivity contribution >= 4 is 34.7 Å². The normalized spacial score (nSPS) is 12.6. The average Bonchev–Trinajstić information content (AvgIpc) is 2.90. The van der Waals surface area contributed by atoms with Crippen molar-refractivity contribution in [3.05, 3.63) is 114 Å². The number of pyridine rings is 1. The molecule has 4 aromatic carbocycles. The molecule has 1 nitrogen and oxygen atoms in total. The van der Waals surface area contributed by atoms with Crippen LogP contribution in [0.15, 0.2) is 113 Å². The molecule has 5 aromatic rings. The van der Waals surface area contributed by atoms with Gasteiger partial charge < -0.3 is 0 Å². The minimum Gasteiger partial charge on any atom is -0.264 e. The van der Waals surface area contributed by atoms with Crippen LogP contribution >= 0.6 is 11.8 Å². The van der Waals surface area contributed by atoms with Gasteiger partial charge in [0.15, 0.2) is 0 Å². The largest absolute Gasteiger partial charge is 0.264 e. The van der Waals surface area contributed by atoms with Gasteiger partial charge in [-0.2, -0.15) is 0 Å². The zero-order valence-corrected chi connectivity index (χ0v) is 19.1. The van der Waals surface area contributed by atoms with E-state index in [-0.39, 0.29) is 0 Å². The minimum atomic E-state index is 1.07. The van der Waals surface area contributed by atoms with Crippen molar-refractivity contribution < 1.29 is 0 Å². The minimum absolute atomic E-state index is 1.07. The van der Waals surface area contributed by atoms with Crippen LogP contribution in [0.2, 0.25) is 0 Å². The van der Waals surface area contributed by atoms with Gasteiger partial charge in [0.1, 0.15) is 0 Å². The third-order valence-corrected chi connectivity index (χ3v) is 7.38. The second-order valence-corrected chi connectivity index (χ2v) is 9.38. The molecule has 0 saturated carbocycles. The molecule has 0 unspecified atom stereocenters. The Morgan fingerprint density at radius 1 is 0.606 bits per heavy atom. The summed E-state index contributed by atoms with van der Waals surface area (Å²) in [5.74, 6) is 0. The van der Waals surface area contributed by atoms with E-state index in [9.17, 15) is 0 Å². The first-order valence-corrected chi connectivity index (χ1v) is 12.2. The highest BCUT2D eigenvalue weighted by molar-refractivity contribution is 7.99. The first kappa shape index (κ1) is 20.0. The van der Waals surface area contributed by atoms with E-state index in [1.165, 1.54) is 53.3 Å². The van der Waals surface area contributed by atoms with E-state index < -0.39 is 0 Å². The second kappa shape index (κ2) is 8.73. The molecule has 0 fully saturated rings. The standard InChI is InChI=1S/C31H23NS/c1-3-10-22(11-4-1)23-12-9-13-24(20-23)30-26-16-7-8-17-27(26)31(28-18-19-32-21-29(28)30)33-25-14-5-2-6-15-25/h1-6,9-21H,7-8H2. The van der Waals surface area contributed by atoms with E-state index in [0.717, 1.165) is 12.8 Å². The highest BCUT2D eigenvalue weighted by Gasteiger charge is 2.16. The molecule has 33 heavy (non-hydrogen) atoms. The van der Waals surface area contributed by atoms with Gasteiger partial charge in [-0.3, -0.25) is 4.98 Å². The molecular formula is C31H23NS. The Labute approximate surface area is 198 Å². The Hall–Kier alpha value is -3.62. The third-order valence-electron chi connectivity index (χ3n) is 6.22. The lowest BCUT2D eigenvalue weighted by molar-refractivity contribution is 1.10. The van der Waals surface area contributed by atoms with Crippen molar-refractivity contribution in [3.8, 4) is 22.3 Å². The van der Waals surface area contributed by atoms with E-state index >= 15 is 0 Å². The molecule has 1 aliphatic carbocycles. The van der Waals surface area contributed by atoms with Gasteiger partial charge in [-0.25, -0.2) is 0 Å². The summed E-state index contributed by atoms with van der Waals surface area (Å²) in [6.45, 7) is 0. The fraction of sp³-hybridized carbons (Fsp3) is 0.0645. The Morgan fingerprint density at radius 3 is 2.12 bits per heavy atom. The van der Waals surface area contributed by atoms with Crippen LogP contribution < -0.4 is 10.4 Å². The predicted octanol–water partition coefficient (Wildman–Crippen LogP) is 7.07. The second-order valence-electron chi connectivity index (χ2n) is 8.30. The SMILES string of the molecule is C1=c2c(Sc3ccccc3)c3ccncc3c(-c3cccc(-c4ccccc4)c3)c2=CCC1. The van der Waals surface area contributed by atoms with Crippen molar-refractivity contribution in [3.63, 3.8) is 0 Å². The van der Waals surface area contributed by atoms with Crippen LogP contribution in [0.3, 0.4) is 0 Å². The maximum atomic E-state index is 4.54. The first-order chi connectivity index (χ1) is 16.4. The molecule has 1 heterocycles. The number of aromatic nitrogens is 1. The van der Waals surface area contributed by atoms with Crippen LogP contribution in [0.4, 0.5) is 0 Å². The van der Waals surface area contributed by atoms with Gasteiger partial charge in [0, 0.05) is 27.6 Å². The highest BCUT2D eigenvalue weighted by Crippen LogP contribution is 2.35. The molecule has 0 amide bonds. The average molecular weight is 442 g/mol. The van der Waals surface area contributed by atoms with Gasteiger partial charge in [-0.05, 0) is 75.2 Å². The monoisotopic (exact) mass is 441 g/mol. The lowest BCUT2D eigenvalue weighted by atomic mass is 9.91. The maximum absolute atomic E-state index is 4.54. The molecule has 0 spiro atoms. The molecule has 1 aromatic heterocycles. The number of rotatable bonds is 4. The predicted molar refractivity (Wildman–Crippen MR) is 141 cm³/mol. The van der Waals surface area contributed by atoms with Gasteiger partial charge in [0.2, 0.25) is 0 Å². The quantitative estimate of drug-likeness (QED) is 0.296. The summed E-state index contributed by atoms with van der Waals surface area (Å²) < 4.78 is 0. The van der Waals surface area contributed by atoms with E-state index in [1.54, 1.807) is 0 Å². The number of nitrogens with zero attached hydrogens (tertiary/aromatic N) is 1. The molecule has 0 saturated heterocycles. The molecule has 0 N–H and O–H groups in total. The number of hydrogen-bond acceptors (Lipinski definition) is 2. The van der Waals surface area contributed by atoms with Crippen LogP contribution in [0.5, 0.6) is 0 Å². The van der Waals surface area contributed by atoms with Gasteiger partial charge in [-0.1, -0.05) is 90.6 Å². The molecular weight excluding hydrogens is 418 g/mol. The summed E-state index contributed by atoms with van der Waals surface area (Å²) >= 11 is 1.86. The molecule has 6 rings (SSSR count). The summed E-state index contributed by atoms with van der Waals surface area (Å²) in [5, 5.41) is 5.18. The molecule has 0 atom stereocenters. The van der Waals surface area contributed by atoms with Crippen molar-refractivity contribution in [2.24, 2.45) is 0 Å². The van der Waals surface area contributed by atoms with E-state index in [0.29, 0.717) is 0 Å². The van der Waals surface area contributed by atoms with E-state index in [1.807, 2.05) is 24.2 Å². The Kier molecular flexibility index (Phi) is 5.29. The Bertz CT molecular complexity index is 1570. The summed E-state index contributed by atoms with van der Waals surface area (Å²) in [6, 6.07) is 32.4. The lowest BCUT2D eigenvalue weighted by Gasteiger charge is -2.17. The van der Waals surface area contributed by atoms with Crippen molar-refractivity contribution in [1.29, 1.82) is 0 Å². The molecule has 0 radical (unpaired) electrons. The Balaban J connectivity index is 1.64. The summed E-state index contributed by atoms with van der Waals surface area (Å²) in [7, 11) is 0. The van der Waals surface area contributed by atoms with Crippen LogP contribution in [0.1, 0.15) is 12.8 Å².